The van der Waals surface area contributed by atoms with Gasteiger partial charge in [0.1, 0.15) is 0 Å². The van der Waals surface area contributed by atoms with E-state index in [1.807, 2.05) is 0 Å². The Labute approximate surface area is 98.2 Å². The Kier molecular flexibility index (Phi) is 3.49. The van der Waals surface area contributed by atoms with Crippen LogP contribution in [0.4, 0.5) is 0 Å². The number of carbonyl (C=O) groups is 1. The fourth-order valence-electron chi connectivity index (χ4n) is 1.02. The summed E-state index contributed by atoms with van der Waals surface area (Å²) in [5, 5.41) is -0.568. The lowest BCUT2D eigenvalue weighted by Gasteiger charge is -2.11. The molecule has 1 heterocycles. The third kappa shape index (κ3) is 2.67. The van der Waals surface area contributed by atoms with Gasteiger partial charge in [0.05, 0.1) is 5.56 Å². The molecular formula is C8H10ClN3O3S. The van der Waals surface area contributed by atoms with Crippen LogP contribution in [0.1, 0.15) is 10.4 Å². The number of halogens is 1. The van der Waals surface area contributed by atoms with Crippen molar-refractivity contribution in [2.75, 3.05) is 20.4 Å². The van der Waals surface area contributed by atoms with Gasteiger partial charge in [-0.05, 0) is 11.6 Å². The summed E-state index contributed by atoms with van der Waals surface area (Å²) in [5.74, 6) is -0.489. The zero-order valence-electron chi connectivity index (χ0n) is 8.93. The molecule has 16 heavy (non-hydrogen) atoms. The summed E-state index contributed by atoms with van der Waals surface area (Å²) in [7, 11) is -0.612. The Hall–Kier alpha value is -1.21. The summed E-state index contributed by atoms with van der Waals surface area (Å²) >= 11 is 5.50. The highest BCUT2D eigenvalue weighted by Gasteiger charge is 2.22. The van der Waals surface area contributed by atoms with Crippen molar-refractivity contribution in [1.82, 2.24) is 14.9 Å². The van der Waals surface area contributed by atoms with Gasteiger partial charge in [-0.25, -0.2) is 18.4 Å². The number of hydrogen-bond donors (Lipinski definition) is 0. The molecule has 0 N–H and O–H groups in total. The van der Waals surface area contributed by atoms with Crippen LogP contribution >= 0.6 is 11.6 Å². The summed E-state index contributed by atoms with van der Waals surface area (Å²) < 4.78 is 22.8. The number of rotatable bonds is 2. The van der Waals surface area contributed by atoms with Crippen molar-refractivity contribution in [2.24, 2.45) is 0 Å². The average Bonchev–Trinajstić information content (AvgIpc) is 2.15. The van der Waals surface area contributed by atoms with E-state index in [2.05, 4.69) is 9.97 Å². The molecule has 0 aliphatic rings. The van der Waals surface area contributed by atoms with Crippen LogP contribution in [-0.2, 0) is 9.84 Å². The first-order chi connectivity index (χ1) is 7.23. The molecule has 0 aromatic carbocycles. The van der Waals surface area contributed by atoms with Crippen LogP contribution in [0, 0.1) is 0 Å². The molecule has 0 spiro atoms. The van der Waals surface area contributed by atoms with Gasteiger partial charge in [0.25, 0.3) is 5.91 Å². The maximum Gasteiger partial charge on any atom is 0.257 e. The van der Waals surface area contributed by atoms with Crippen LogP contribution < -0.4 is 0 Å². The zero-order chi connectivity index (χ0) is 12.5. The largest absolute Gasteiger partial charge is 0.345 e. The van der Waals surface area contributed by atoms with Gasteiger partial charge in [0, 0.05) is 26.5 Å². The second kappa shape index (κ2) is 4.34. The molecule has 1 rings (SSSR count). The third-order valence-electron chi connectivity index (χ3n) is 1.71. The summed E-state index contributed by atoms with van der Waals surface area (Å²) in [4.78, 5) is 20.1. The fraction of sp³-hybridized carbons (Fsp3) is 0.375. The predicted molar refractivity (Wildman–Crippen MR) is 58.2 cm³/mol. The Morgan fingerprint density at radius 1 is 1.44 bits per heavy atom. The van der Waals surface area contributed by atoms with Gasteiger partial charge < -0.3 is 4.90 Å². The summed E-state index contributed by atoms with van der Waals surface area (Å²) in [5.41, 5.74) is -0.0862. The normalized spacial score (nSPS) is 11.2. The van der Waals surface area contributed by atoms with Crippen LogP contribution in [0.3, 0.4) is 0 Å². The molecule has 1 aromatic heterocycles. The fourth-order valence-corrected chi connectivity index (χ4v) is 1.99. The van der Waals surface area contributed by atoms with Gasteiger partial charge >= 0.3 is 0 Å². The minimum atomic E-state index is -3.62. The molecule has 1 aromatic rings. The Bertz CT molecular complexity index is 527. The van der Waals surface area contributed by atoms with Gasteiger partial charge in [-0.3, -0.25) is 4.79 Å². The second-order valence-corrected chi connectivity index (χ2v) is 5.60. The molecule has 6 nitrogen and oxygen atoms in total. The van der Waals surface area contributed by atoms with Crippen molar-refractivity contribution in [3.8, 4) is 0 Å². The first kappa shape index (κ1) is 12.9. The van der Waals surface area contributed by atoms with E-state index in [-0.39, 0.29) is 15.9 Å². The van der Waals surface area contributed by atoms with Crippen LogP contribution in [-0.4, -0.2) is 49.5 Å². The first-order valence-corrected chi connectivity index (χ1v) is 6.44. The van der Waals surface area contributed by atoms with Crippen molar-refractivity contribution in [3.63, 3.8) is 0 Å². The molecule has 0 aliphatic carbocycles. The molecule has 0 aliphatic heterocycles. The van der Waals surface area contributed by atoms with Gasteiger partial charge in [0.15, 0.2) is 14.9 Å². The lowest BCUT2D eigenvalue weighted by molar-refractivity contribution is 0.0822. The Morgan fingerprint density at radius 3 is 2.44 bits per heavy atom. The van der Waals surface area contributed by atoms with E-state index < -0.39 is 15.7 Å². The molecular weight excluding hydrogens is 254 g/mol. The number of aromatic nitrogens is 2. The predicted octanol–water partition coefficient (Wildman–Crippen LogP) is 0.235. The van der Waals surface area contributed by atoms with Crippen LogP contribution in [0.25, 0.3) is 0 Å². The first-order valence-electron chi connectivity index (χ1n) is 4.17. The zero-order valence-corrected chi connectivity index (χ0v) is 10.5. The summed E-state index contributed by atoms with van der Waals surface area (Å²) in [6, 6.07) is 0. The maximum atomic E-state index is 11.7. The Morgan fingerprint density at radius 2 is 2.00 bits per heavy atom. The van der Waals surface area contributed by atoms with E-state index in [9.17, 15) is 13.2 Å². The topological polar surface area (TPSA) is 80.2 Å². The molecule has 1 amide bonds. The third-order valence-corrected chi connectivity index (χ3v) is 2.91. The highest BCUT2D eigenvalue weighted by molar-refractivity contribution is 7.90. The lowest BCUT2D eigenvalue weighted by atomic mass is 10.3. The molecule has 0 saturated carbocycles. The van der Waals surface area contributed by atoms with Crippen molar-refractivity contribution < 1.29 is 13.2 Å². The van der Waals surface area contributed by atoms with E-state index in [1.165, 1.54) is 19.0 Å². The average molecular weight is 264 g/mol. The van der Waals surface area contributed by atoms with Crippen molar-refractivity contribution in [3.05, 3.63) is 17.0 Å². The maximum absolute atomic E-state index is 11.7. The summed E-state index contributed by atoms with van der Waals surface area (Å²) in [6.07, 6.45) is 2.06. The number of amides is 1. The highest BCUT2D eigenvalue weighted by atomic mass is 35.5. The quantitative estimate of drug-likeness (QED) is 0.564. The number of nitrogens with zero attached hydrogens (tertiary/aromatic N) is 3. The van der Waals surface area contributed by atoms with Crippen molar-refractivity contribution in [1.29, 1.82) is 0 Å². The number of sulfone groups is 1. The second-order valence-electron chi connectivity index (χ2n) is 3.33. The lowest BCUT2D eigenvalue weighted by Crippen LogP contribution is -2.24. The standard InChI is InChI=1S/C8H10ClN3O3S/c1-12(2)7(13)5-4-10-8(9)11-6(5)16(3,14)15/h4H,1-3H3. The minimum absolute atomic E-state index is 0.0862. The van der Waals surface area contributed by atoms with E-state index in [0.717, 1.165) is 12.5 Å². The molecule has 8 heteroatoms. The van der Waals surface area contributed by atoms with Gasteiger partial charge in [-0.15, -0.1) is 0 Å². The Balaban J connectivity index is 3.47. The monoisotopic (exact) mass is 263 g/mol. The molecule has 0 unspecified atom stereocenters. The van der Waals surface area contributed by atoms with E-state index in [1.54, 1.807) is 0 Å². The van der Waals surface area contributed by atoms with Gasteiger partial charge in [-0.2, -0.15) is 0 Å². The number of carbonyl (C=O) groups excluding carboxylic acids is 1. The van der Waals surface area contributed by atoms with Crippen LogP contribution in [0.2, 0.25) is 5.28 Å². The number of hydrogen-bond acceptors (Lipinski definition) is 5. The molecule has 0 radical (unpaired) electrons. The van der Waals surface area contributed by atoms with E-state index in [0.29, 0.717) is 0 Å². The van der Waals surface area contributed by atoms with E-state index in [4.69, 9.17) is 11.6 Å². The molecule has 0 saturated heterocycles. The minimum Gasteiger partial charge on any atom is -0.345 e. The molecule has 0 fully saturated rings. The highest BCUT2D eigenvalue weighted by Crippen LogP contribution is 2.15. The SMILES string of the molecule is CN(C)C(=O)c1cnc(Cl)nc1S(C)(=O)=O. The van der Waals surface area contributed by atoms with Crippen molar-refractivity contribution in [2.45, 2.75) is 5.03 Å². The summed E-state index contributed by atoms with van der Waals surface area (Å²) in [6.45, 7) is 0. The van der Waals surface area contributed by atoms with Crippen LogP contribution in [0.5, 0.6) is 0 Å². The molecule has 0 atom stereocenters. The van der Waals surface area contributed by atoms with Crippen molar-refractivity contribution >= 4 is 27.3 Å². The smallest absolute Gasteiger partial charge is 0.257 e. The van der Waals surface area contributed by atoms with E-state index >= 15 is 0 Å². The molecule has 88 valence electrons. The molecule has 0 bridgehead atoms. The van der Waals surface area contributed by atoms with Gasteiger partial charge in [0.2, 0.25) is 5.28 Å². The van der Waals surface area contributed by atoms with Crippen LogP contribution in [0.15, 0.2) is 11.2 Å². The van der Waals surface area contributed by atoms with Gasteiger partial charge in [-0.1, -0.05) is 0 Å².